The Balaban J connectivity index is 2.82. The average molecular weight is 248 g/mol. The first-order valence-corrected chi connectivity index (χ1v) is 6.54. The van der Waals surface area contributed by atoms with Gasteiger partial charge >= 0.3 is 0 Å². The van der Waals surface area contributed by atoms with Gasteiger partial charge in [-0.25, -0.2) is 0 Å². The van der Waals surface area contributed by atoms with Gasteiger partial charge in [0, 0.05) is 24.2 Å². The van der Waals surface area contributed by atoms with Crippen LogP contribution >= 0.6 is 0 Å². The lowest BCUT2D eigenvalue weighted by Crippen LogP contribution is -2.40. The van der Waals surface area contributed by atoms with Gasteiger partial charge in [0.15, 0.2) is 0 Å². The van der Waals surface area contributed by atoms with Crippen molar-refractivity contribution in [2.45, 2.75) is 40.7 Å². The van der Waals surface area contributed by atoms with E-state index in [1.54, 1.807) is 0 Å². The summed E-state index contributed by atoms with van der Waals surface area (Å²) >= 11 is 0. The highest BCUT2D eigenvalue weighted by Gasteiger charge is 2.29. The molecule has 1 rings (SSSR count). The molecular formula is C15H24N2O. The summed E-state index contributed by atoms with van der Waals surface area (Å²) in [5, 5.41) is 0. The Morgan fingerprint density at radius 2 is 2.00 bits per heavy atom. The van der Waals surface area contributed by atoms with E-state index >= 15 is 0 Å². The van der Waals surface area contributed by atoms with Gasteiger partial charge in [-0.3, -0.25) is 4.79 Å². The number of hydrogen-bond donors (Lipinski definition) is 1. The maximum Gasteiger partial charge on any atom is 0.228 e. The number of carbonyl (C=O) groups is 1. The molecule has 1 amide bonds. The number of nitrogen functional groups attached to an aromatic ring is 1. The molecule has 2 N–H and O–H groups in total. The lowest BCUT2D eigenvalue weighted by atomic mass is 9.88. The van der Waals surface area contributed by atoms with Crippen LogP contribution in [0, 0.1) is 5.41 Å². The molecule has 1 aromatic rings. The van der Waals surface area contributed by atoms with Crippen LogP contribution in [0.5, 0.6) is 0 Å². The number of anilines is 1. The van der Waals surface area contributed by atoms with E-state index in [-0.39, 0.29) is 11.3 Å². The zero-order valence-corrected chi connectivity index (χ0v) is 11.9. The van der Waals surface area contributed by atoms with Crippen LogP contribution in [0.25, 0.3) is 0 Å². The molecule has 0 aromatic heterocycles. The highest BCUT2D eigenvalue weighted by Crippen LogP contribution is 2.24. The summed E-state index contributed by atoms with van der Waals surface area (Å²) in [7, 11) is 0. The van der Waals surface area contributed by atoms with Gasteiger partial charge in [-0.1, -0.05) is 32.9 Å². The molecule has 0 atom stereocenters. The van der Waals surface area contributed by atoms with Crippen molar-refractivity contribution in [1.82, 2.24) is 4.90 Å². The van der Waals surface area contributed by atoms with Gasteiger partial charge in [0.1, 0.15) is 0 Å². The van der Waals surface area contributed by atoms with Gasteiger partial charge in [0.25, 0.3) is 0 Å². The molecule has 0 spiro atoms. The Labute approximate surface area is 110 Å². The molecular weight excluding hydrogens is 224 g/mol. The van der Waals surface area contributed by atoms with E-state index in [1.807, 2.05) is 56.9 Å². The van der Waals surface area contributed by atoms with Gasteiger partial charge in [-0.15, -0.1) is 0 Å². The van der Waals surface area contributed by atoms with E-state index < -0.39 is 0 Å². The largest absolute Gasteiger partial charge is 0.399 e. The highest BCUT2D eigenvalue weighted by molar-refractivity contribution is 5.81. The maximum atomic E-state index is 12.4. The number of rotatable bonds is 5. The molecule has 0 unspecified atom stereocenters. The quantitative estimate of drug-likeness (QED) is 0.814. The van der Waals surface area contributed by atoms with Crippen LogP contribution in [0.3, 0.4) is 0 Å². The van der Waals surface area contributed by atoms with Crippen LogP contribution in [-0.2, 0) is 11.3 Å². The minimum absolute atomic E-state index is 0.204. The van der Waals surface area contributed by atoms with Gasteiger partial charge in [0.2, 0.25) is 5.91 Å². The van der Waals surface area contributed by atoms with E-state index in [2.05, 4.69) is 0 Å². The Kier molecular flexibility index (Phi) is 4.76. The fourth-order valence-electron chi connectivity index (χ4n) is 1.82. The number of benzene rings is 1. The number of hydrogen-bond acceptors (Lipinski definition) is 2. The number of nitrogens with two attached hydrogens (primary N) is 1. The Morgan fingerprint density at radius 3 is 2.50 bits per heavy atom. The predicted molar refractivity (Wildman–Crippen MR) is 76.0 cm³/mol. The Morgan fingerprint density at radius 1 is 1.33 bits per heavy atom. The normalized spacial score (nSPS) is 11.3. The highest BCUT2D eigenvalue weighted by atomic mass is 16.2. The molecule has 0 aliphatic heterocycles. The molecule has 1 aromatic carbocycles. The molecule has 0 saturated carbocycles. The van der Waals surface area contributed by atoms with Crippen molar-refractivity contribution >= 4 is 11.6 Å². The standard InChI is InChI=1S/C15H24N2O/c1-5-15(3,4)14(18)17(6-2)11-12-8-7-9-13(16)10-12/h7-10H,5-6,11,16H2,1-4H3. The fraction of sp³-hybridized carbons (Fsp3) is 0.533. The van der Waals surface area contributed by atoms with Crippen LogP contribution < -0.4 is 5.73 Å². The number of nitrogens with zero attached hydrogens (tertiary/aromatic N) is 1. The van der Waals surface area contributed by atoms with Crippen molar-refractivity contribution in [3.05, 3.63) is 29.8 Å². The first-order valence-electron chi connectivity index (χ1n) is 6.54. The summed E-state index contributed by atoms with van der Waals surface area (Å²) in [6.45, 7) is 9.40. The maximum absolute atomic E-state index is 12.4. The van der Waals surface area contributed by atoms with E-state index in [1.165, 1.54) is 0 Å². The molecule has 0 aliphatic carbocycles. The van der Waals surface area contributed by atoms with E-state index in [9.17, 15) is 4.79 Å². The summed E-state index contributed by atoms with van der Waals surface area (Å²) in [6.07, 6.45) is 0.846. The summed E-state index contributed by atoms with van der Waals surface area (Å²) in [4.78, 5) is 14.3. The number of amides is 1. The van der Waals surface area contributed by atoms with E-state index in [0.717, 1.165) is 24.2 Å². The van der Waals surface area contributed by atoms with Crippen LogP contribution in [-0.4, -0.2) is 17.4 Å². The van der Waals surface area contributed by atoms with Crippen molar-refractivity contribution in [2.75, 3.05) is 12.3 Å². The van der Waals surface area contributed by atoms with Gasteiger partial charge in [0.05, 0.1) is 0 Å². The molecule has 3 nitrogen and oxygen atoms in total. The first-order chi connectivity index (χ1) is 8.40. The molecule has 0 fully saturated rings. The Hall–Kier alpha value is -1.51. The molecule has 0 aliphatic rings. The van der Waals surface area contributed by atoms with Crippen molar-refractivity contribution in [3.63, 3.8) is 0 Å². The van der Waals surface area contributed by atoms with Crippen molar-refractivity contribution in [1.29, 1.82) is 0 Å². The second kappa shape index (κ2) is 5.89. The van der Waals surface area contributed by atoms with Crippen molar-refractivity contribution < 1.29 is 4.79 Å². The van der Waals surface area contributed by atoms with Crippen LogP contribution in [0.4, 0.5) is 5.69 Å². The summed E-state index contributed by atoms with van der Waals surface area (Å²) in [5.74, 6) is 0.204. The number of carbonyl (C=O) groups excluding carboxylic acids is 1. The first kappa shape index (κ1) is 14.6. The lowest BCUT2D eigenvalue weighted by Gasteiger charge is -2.30. The molecule has 3 heteroatoms. The zero-order chi connectivity index (χ0) is 13.8. The molecule has 100 valence electrons. The molecule has 0 radical (unpaired) electrons. The van der Waals surface area contributed by atoms with E-state index in [0.29, 0.717) is 6.54 Å². The third-order valence-corrected chi connectivity index (χ3v) is 3.46. The fourth-order valence-corrected chi connectivity index (χ4v) is 1.82. The zero-order valence-electron chi connectivity index (χ0n) is 11.9. The third-order valence-electron chi connectivity index (χ3n) is 3.46. The van der Waals surface area contributed by atoms with Gasteiger partial charge in [-0.05, 0) is 31.0 Å². The SMILES string of the molecule is CCN(Cc1cccc(N)c1)C(=O)C(C)(C)CC. The minimum Gasteiger partial charge on any atom is -0.399 e. The van der Waals surface area contributed by atoms with Gasteiger partial charge < -0.3 is 10.6 Å². The third kappa shape index (κ3) is 3.49. The van der Waals surface area contributed by atoms with Crippen LogP contribution in [0.2, 0.25) is 0 Å². The predicted octanol–water partition coefficient (Wildman–Crippen LogP) is 3.05. The molecule has 0 heterocycles. The van der Waals surface area contributed by atoms with Gasteiger partial charge in [-0.2, -0.15) is 0 Å². The average Bonchev–Trinajstić information content (AvgIpc) is 2.35. The van der Waals surface area contributed by atoms with Crippen molar-refractivity contribution in [3.8, 4) is 0 Å². The summed E-state index contributed by atoms with van der Waals surface area (Å²) in [5.41, 5.74) is 7.29. The Bertz CT molecular complexity index is 413. The monoisotopic (exact) mass is 248 g/mol. The molecule has 0 saturated heterocycles. The topological polar surface area (TPSA) is 46.3 Å². The lowest BCUT2D eigenvalue weighted by molar-refractivity contribution is -0.141. The molecule has 0 bridgehead atoms. The van der Waals surface area contributed by atoms with Crippen LogP contribution in [0.15, 0.2) is 24.3 Å². The summed E-state index contributed by atoms with van der Waals surface area (Å²) in [6, 6.07) is 7.71. The second-order valence-electron chi connectivity index (χ2n) is 5.30. The summed E-state index contributed by atoms with van der Waals surface area (Å²) < 4.78 is 0. The molecule has 18 heavy (non-hydrogen) atoms. The van der Waals surface area contributed by atoms with E-state index in [4.69, 9.17) is 5.73 Å². The van der Waals surface area contributed by atoms with Crippen molar-refractivity contribution in [2.24, 2.45) is 5.41 Å². The second-order valence-corrected chi connectivity index (χ2v) is 5.30. The smallest absolute Gasteiger partial charge is 0.228 e. The minimum atomic E-state index is -0.295. The van der Waals surface area contributed by atoms with Crippen LogP contribution in [0.1, 0.15) is 39.7 Å².